The number of nitrogens with one attached hydrogen (secondary N) is 1. The number of methoxy groups -OCH3 is 1. The zero-order chi connectivity index (χ0) is 14.7. The fraction of sp³-hybridized carbons (Fsp3) is 0.133. The van der Waals surface area contributed by atoms with Crippen LogP contribution in [0, 0.1) is 12.7 Å². The van der Waals surface area contributed by atoms with Crippen LogP contribution in [-0.4, -0.2) is 13.0 Å². The van der Waals surface area contributed by atoms with Gasteiger partial charge in [-0.15, -0.1) is 0 Å². The normalized spacial score (nSPS) is 10.2. The fourth-order valence-corrected chi connectivity index (χ4v) is 1.84. The van der Waals surface area contributed by atoms with Crippen molar-refractivity contribution in [3.8, 4) is 5.75 Å². The molecule has 20 heavy (non-hydrogen) atoms. The van der Waals surface area contributed by atoms with E-state index < -0.39 is 11.7 Å². The summed E-state index contributed by atoms with van der Waals surface area (Å²) in [5.41, 5.74) is 7.63. The van der Waals surface area contributed by atoms with Gasteiger partial charge in [0.05, 0.1) is 12.8 Å². The summed E-state index contributed by atoms with van der Waals surface area (Å²) in [6, 6.07) is 8.97. The van der Waals surface area contributed by atoms with Crippen molar-refractivity contribution in [2.24, 2.45) is 0 Å². The Hall–Kier alpha value is -2.56. The highest BCUT2D eigenvalue weighted by Crippen LogP contribution is 2.27. The minimum Gasteiger partial charge on any atom is -0.494 e. The first kappa shape index (κ1) is 13.9. The third-order valence-electron chi connectivity index (χ3n) is 2.92. The van der Waals surface area contributed by atoms with Gasteiger partial charge >= 0.3 is 0 Å². The number of carbonyl (C=O) groups excluding carboxylic acids is 1. The predicted molar refractivity (Wildman–Crippen MR) is 76.5 cm³/mol. The van der Waals surface area contributed by atoms with Crippen molar-refractivity contribution < 1.29 is 13.9 Å². The van der Waals surface area contributed by atoms with Crippen LogP contribution in [0.1, 0.15) is 15.9 Å². The zero-order valence-corrected chi connectivity index (χ0v) is 11.2. The molecule has 2 aromatic carbocycles. The number of nitrogens with two attached hydrogens (primary N) is 1. The van der Waals surface area contributed by atoms with Crippen molar-refractivity contribution in [2.75, 3.05) is 18.2 Å². The summed E-state index contributed by atoms with van der Waals surface area (Å²) in [4.78, 5) is 12.2. The first-order valence-electron chi connectivity index (χ1n) is 6.02. The molecule has 0 bridgehead atoms. The number of amides is 1. The Morgan fingerprint density at radius 1 is 1.25 bits per heavy atom. The Bertz CT molecular complexity index is 656. The Morgan fingerprint density at radius 3 is 2.70 bits per heavy atom. The monoisotopic (exact) mass is 274 g/mol. The number of hydrogen-bond donors (Lipinski definition) is 2. The van der Waals surface area contributed by atoms with E-state index >= 15 is 0 Å². The van der Waals surface area contributed by atoms with E-state index in [9.17, 15) is 9.18 Å². The second-order valence-corrected chi connectivity index (χ2v) is 4.37. The predicted octanol–water partition coefficient (Wildman–Crippen LogP) is 2.98. The quantitative estimate of drug-likeness (QED) is 0.846. The third kappa shape index (κ3) is 2.88. The minimum absolute atomic E-state index is 0.281. The highest BCUT2D eigenvalue weighted by atomic mass is 19.1. The van der Waals surface area contributed by atoms with E-state index in [4.69, 9.17) is 10.5 Å². The lowest BCUT2D eigenvalue weighted by Crippen LogP contribution is -2.14. The SMILES string of the molecule is COc1cc(N)ccc1NC(=O)c1cc(F)ccc1C. The van der Waals surface area contributed by atoms with E-state index in [1.165, 1.54) is 19.2 Å². The molecule has 0 fully saturated rings. The van der Waals surface area contributed by atoms with Crippen LogP contribution in [0.15, 0.2) is 36.4 Å². The van der Waals surface area contributed by atoms with Gasteiger partial charge in [-0.1, -0.05) is 6.07 Å². The number of benzene rings is 2. The number of halogens is 1. The van der Waals surface area contributed by atoms with Crippen molar-refractivity contribution in [1.82, 2.24) is 0 Å². The maximum Gasteiger partial charge on any atom is 0.256 e. The van der Waals surface area contributed by atoms with Gasteiger partial charge in [0.1, 0.15) is 11.6 Å². The van der Waals surface area contributed by atoms with Crippen molar-refractivity contribution >= 4 is 17.3 Å². The van der Waals surface area contributed by atoms with Gasteiger partial charge in [-0.25, -0.2) is 4.39 Å². The first-order chi connectivity index (χ1) is 9.51. The van der Waals surface area contributed by atoms with E-state index in [-0.39, 0.29) is 5.56 Å². The Balaban J connectivity index is 2.30. The molecule has 1 amide bonds. The second-order valence-electron chi connectivity index (χ2n) is 4.37. The molecule has 4 nitrogen and oxygen atoms in total. The number of carbonyl (C=O) groups is 1. The number of nitrogen functional groups attached to an aromatic ring is 1. The van der Waals surface area contributed by atoms with E-state index in [1.54, 1.807) is 31.2 Å². The molecule has 104 valence electrons. The summed E-state index contributed by atoms with van der Waals surface area (Å²) in [5.74, 6) is -0.400. The Labute approximate surface area is 116 Å². The molecule has 0 aliphatic carbocycles. The number of aryl methyl sites for hydroxylation is 1. The van der Waals surface area contributed by atoms with Crippen LogP contribution in [0.2, 0.25) is 0 Å². The summed E-state index contributed by atoms with van der Waals surface area (Å²) in [6.45, 7) is 1.74. The number of hydrogen-bond acceptors (Lipinski definition) is 3. The van der Waals surface area contributed by atoms with Gasteiger partial charge in [0.2, 0.25) is 0 Å². The molecule has 0 aliphatic rings. The first-order valence-corrected chi connectivity index (χ1v) is 6.02. The van der Waals surface area contributed by atoms with Crippen molar-refractivity contribution in [1.29, 1.82) is 0 Å². The van der Waals surface area contributed by atoms with E-state index in [1.807, 2.05) is 0 Å². The smallest absolute Gasteiger partial charge is 0.256 e. The number of anilines is 2. The average molecular weight is 274 g/mol. The maximum atomic E-state index is 13.2. The van der Waals surface area contributed by atoms with Crippen molar-refractivity contribution in [2.45, 2.75) is 6.92 Å². The molecule has 0 saturated heterocycles. The van der Waals surface area contributed by atoms with Gasteiger partial charge in [-0.2, -0.15) is 0 Å². The molecule has 0 radical (unpaired) electrons. The van der Waals surface area contributed by atoms with Crippen molar-refractivity contribution in [3.05, 3.63) is 53.3 Å². The lowest BCUT2D eigenvalue weighted by molar-refractivity contribution is 0.102. The van der Waals surface area contributed by atoms with Gasteiger partial charge in [0, 0.05) is 17.3 Å². The van der Waals surface area contributed by atoms with Gasteiger partial charge in [0.15, 0.2) is 0 Å². The topological polar surface area (TPSA) is 64.3 Å². The summed E-state index contributed by atoms with van der Waals surface area (Å²) >= 11 is 0. The largest absolute Gasteiger partial charge is 0.494 e. The van der Waals surface area contributed by atoms with E-state index in [2.05, 4.69) is 5.32 Å². The van der Waals surface area contributed by atoms with Gasteiger partial charge in [0.25, 0.3) is 5.91 Å². The summed E-state index contributed by atoms with van der Waals surface area (Å²) in [7, 11) is 1.48. The molecule has 0 aliphatic heterocycles. The fourth-order valence-electron chi connectivity index (χ4n) is 1.84. The molecule has 5 heteroatoms. The number of ether oxygens (including phenoxy) is 1. The highest BCUT2D eigenvalue weighted by Gasteiger charge is 2.13. The molecule has 0 atom stereocenters. The van der Waals surface area contributed by atoms with Crippen LogP contribution in [0.25, 0.3) is 0 Å². The minimum atomic E-state index is -0.454. The molecule has 3 N–H and O–H groups in total. The lowest BCUT2D eigenvalue weighted by Gasteiger charge is -2.12. The maximum absolute atomic E-state index is 13.2. The molecule has 0 spiro atoms. The molecule has 0 unspecified atom stereocenters. The highest BCUT2D eigenvalue weighted by molar-refractivity contribution is 6.06. The van der Waals surface area contributed by atoms with Crippen LogP contribution in [0.4, 0.5) is 15.8 Å². The third-order valence-corrected chi connectivity index (χ3v) is 2.92. The molecule has 2 rings (SSSR count). The molecule has 0 saturated carbocycles. The molecule has 0 aromatic heterocycles. The second kappa shape index (κ2) is 5.61. The van der Waals surface area contributed by atoms with Gasteiger partial charge in [-0.3, -0.25) is 4.79 Å². The zero-order valence-electron chi connectivity index (χ0n) is 11.2. The summed E-state index contributed by atoms with van der Waals surface area (Å²) in [5, 5.41) is 2.69. The molecular weight excluding hydrogens is 259 g/mol. The molecule has 0 heterocycles. The van der Waals surface area contributed by atoms with Crippen LogP contribution < -0.4 is 15.8 Å². The van der Waals surface area contributed by atoms with Crippen LogP contribution >= 0.6 is 0 Å². The molecule has 2 aromatic rings. The van der Waals surface area contributed by atoms with Crippen LogP contribution in [0.5, 0.6) is 5.75 Å². The van der Waals surface area contributed by atoms with E-state index in [0.717, 1.165) is 0 Å². The van der Waals surface area contributed by atoms with Crippen molar-refractivity contribution in [3.63, 3.8) is 0 Å². The Morgan fingerprint density at radius 2 is 2.00 bits per heavy atom. The van der Waals surface area contributed by atoms with Gasteiger partial charge in [-0.05, 0) is 36.8 Å². The van der Waals surface area contributed by atoms with Crippen LogP contribution in [-0.2, 0) is 0 Å². The molecular formula is C15H15FN2O2. The van der Waals surface area contributed by atoms with Gasteiger partial charge < -0.3 is 15.8 Å². The van der Waals surface area contributed by atoms with Crippen LogP contribution in [0.3, 0.4) is 0 Å². The Kier molecular flexibility index (Phi) is 3.89. The standard InChI is InChI=1S/C15H15FN2O2/c1-9-3-4-10(16)7-12(9)15(19)18-13-6-5-11(17)8-14(13)20-2/h3-8H,17H2,1-2H3,(H,18,19). The summed E-state index contributed by atoms with van der Waals surface area (Å²) in [6.07, 6.45) is 0. The number of rotatable bonds is 3. The lowest BCUT2D eigenvalue weighted by atomic mass is 10.1. The summed E-state index contributed by atoms with van der Waals surface area (Å²) < 4.78 is 18.4. The van der Waals surface area contributed by atoms with E-state index in [0.29, 0.717) is 22.7 Å². The average Bonchev–Trinajstić information content (AvgIpc) is 2.43.